The van der Waals surface area contributed by atoms with Gasteiger partial charge in [0.2, 0.25) is 0 Å². The van der Waals surface area contributed by atoms with Gasteiger partial charge in [0, 0.05) is 24.2 Å². The van der Waals surface area contributed by atoms with Gasteiger partial charge in [0.15, 0.2) is 0 Å². The van der Waals surface area contributed by atoms with Gasteiger partial charge in [0.05, 0.1) is 0 Å². The van der Waals surface area contributed by atoms with Crippen LogP contribution in [0.1, 0.15) is 25.6 Å². The van der Waals surface area contributed by atoms with Gasteiger partial charge in [0.25, 0.3) is 11.1 Å². The first-order chi connectivity index (χ1) is 8.08. The second-order valence-corrected chi connectivity index (χ2v) is 4.05. The molecule has 5 heteroatoms. The van der Waals surface area contributed by atoms with Gasteiger partial charge >= 0.3 is 0 Å². The third-order valence-electron chi connectivity index (χ3n) is 2.36. The van der Waals surface area contributed by atoms with E-state index < -0.39 is 0 Å². The van der Waals surface area contributed by atoms with E-state index in [0.29, 0.717) is 11.6 Å². The minimum absolute atomic E-state index is 0.0991. The van der Waals surface area contributed by atoms with E-state index in [0.717, 1.165) is 0 Å². The van der Waals surface area contributed by atoms with Gasteiger partial charge in [-0.2, -0.15) is 0 Å². The molecule has 0 saturated carbocycles. The maximum Gasteiger partial charge on any atom is 0.256 e. The Morgan fingerprint density at radius 1 is 1.29 bits per heavy atom. The van der Waals surface area contributed by atoms with Crippen LogP contribution in [0, 0.1) is 0 Å². The second-order valence-electron chi connectivity index (χ2n) is 4.05. The SMILES string of the molecule is CC(C)c1nc(-n2ccccc2=O)cc(=O)[nH]1. The van der Waals surface area contributed by atoms with Crippen LogP contribution >= 0.6 is 0 Å². The third kappa shape index (κ3) is 2.33. The Labute approximate surface area is 97.8 Å². The van der Waals surface area contributed by atoms with Crippen LogP contribution in [-0.4, -0.2) is 14.5 Å². The maximum absolute atomic E-state index is 11.6. The zero-order valence-electron chi connectivity index (χ0n) is 9.68. The molecule has 0 aliphatic carbocycles. The zero-order chi connectivity index (χ0) is 12.4. The predicted molar refractivity (Wildman–Crippen MR) is 64.5 cm³/mol. The number of aromatic amines is 1. The van der Waals surface area contributed by atoms with Crippen LogP contribution in [0.15, 0.2) is 40.1 Å². The largest absolute Gasteiger partial charge is 0.310 e. The molecule has 0 aromatic carbocycles. The number of aromatic nitrogens is 3. The fraction of sp³-hybridized carbons (Fsp3) is 0.250. The molecule has 0 saturated heterocycles. The normalized spacial score (nSPS) is 10.8. The quantitative estimate of drug-likeness (QED) is 0.839. The fourth-order valence-electron chi connectivity index (χ4n) is 1.48. The highest BCUT2D eigenvalue weighted by Crippen LogP contribution is 2.07. The smallest absolute Gasteiger partial charge is 0.256 e. The van der Waals surface area contributed by atoms with E-state index in [9.17, 15) is 9.59 Å². The number of nitrogens with zero attached hydrogens (tertiary/aromatic N) is 2. The summed E-state index contributed by atoms with van der Waals surface area (Å²) in [6.07, 6.45) is 1.59. The van der Waals surface area contributed by atoms with Gasteiger partial charge < -0.3 is 4.98 Å². The van der Waals surface area contributed by atoms with Crippen LogP contribution in [0.5, 0.6) is 0 Å². The first-order valence-electron chi connectivity index (χ1n) is 5.37. The first-order valence-corrected chi connectivity index (χ1v) is 5.37. The molecule has 5 nitrogen and oxygen atoms in total. The Balaban J connectivity index is 2.65. The second kappa shape index (κ2) is 4.37. The van der Waals surface area contributed by atoms with E-state index in [-0.39, 0.29) is 17.0 Å². The molecule has 17 heavy (non-hydrogen) atoms. The highest BCUT2D eigenvalue weighted by atomic mass is 16.1. The summed E-state index contributed by atoms with van der Waals surface area (Å²) in [6, 6.07) is 6.11. The van der Waals surface area contributed by atoms with Gasteiger partial charge in [-0.05, 0) is 6.07 Å². The van der Waals surface area contributed by atoms with Crippen molar-refractivity contribution >= 4 is 0 Å². The fourth-order valence-corrected chi connectivity index (χ4v) is 1.48. The van der Waals surface area contributed by atoms with Crippen molar-refractivity contribution in [1.29, 1.82) is 0 Å². The summed E-state index contributed by atoms with van der Waals surface area (Å²) < 4.78 is 1.35. The van der Waals surface area contributed by atoms with Crippen molar-refractivity contribution in [2.45, 2.75) is 19.8 Å². The molecule has 2 aromatic rings. The summed E-state index contributed by atoms with van der Waals surface area (Å²) in [5, 5.41) is 0. The van der Waals surface area contributed by atoms with Gasteiger partial charge in [-0.25, -0.2) is 4.98 Å². The number of rotatable bonds is 2. The molecule has 1 N–H and O–H groups in total. The van der Waals surface area contributed by atoms with Crippen LogP contribution in [0.3, 0.4) is 0 Å². The zero-order valence-corrected chi connectivity index (χ0v) is 9.68. The van der Waals surface area contributed by atoms with Crippen LogP contribution in [0.2, 0.25) is 0 Å². The van der Waals surface area contributed by atoms with Crippen molar-refractivity contribution in [2.24, 2.45) is 0 Å². The molecule has 2 heterocycles. The van der Waals surface area contributed by atoms with Crippen molar-refractivity contribution in [3.8, 4) is 5.82 Å². The van der Waals surface area contributed by atoms with Crippen LogP contribution in [-0.2, 0) is 0 Å². The van der Waals surface area contributed by atoms with E-state index in [1.54, 1.807) is 18.3 Å². The molecule has 0 aliphatic heterocycles. The summed E-state index contributed by atoms with van der Waals surface area (Å²) in [5.41, 5.74) is -0.463. The summed E-state index contributed by atoms with van der Waals surface area (Å²) in [7, 11) is 0. The van der Waals surface area contributed by atoms with Crippen molar-refractivity contribution in [2.75, 3.05) is 0 Å². The highest BCUT2D eigenvalue weighted by Gasteiger charge is 2.07. The minimum atomic E-state index is -0.255. The third-order valence-corrected chi connectivity index (χ3v) is 2.36. The number of hydrogen-bond donors (Lipinski definition) is 1. The molecule has 0 fully saturated rings. The molecular formula is C12H13N3O2. The molecule has 0 unspecified atom stereocenters. The number of nitrogens with one attached hydrogen (secondary N) is 1. The first kappa shape index (κ1) is 11.3. The molecule has 0 radical (unpaired) electrons. The van der Waals surface area contributed by atoms with Gasteiger partial charge in [-0.1, -0.05) is 19.9 Å². The number of hydrogen-bond acceptors (Lipinski definition) is 3. The Kier molecular flexibility index (Phi) is 2.91. The molecule has 2 rings (SSSR count). The van der Waals surface area contributed by atoms with Crippen molar-refractivity contribution < 1.29 is 0 Å². The van der Waals surface area contributed by atoms with Gasteiger partial charge in [-0.15, -0.1) is 0 Å². The lowest BCUT2D eigenvalue weighted by Gasteiger charge is -2.08. The summed E-state index contributed by atoms with van der Waals surface area (Å²) in [4.78, 5) is 30.0. The van der Waals surface area contributed by atoms with Gasteiger partial charge in [0.1, 0.15) is 11.6 Å². The van der Waals surface area contributed by atoms with E-state index in [1.807, 2.05) is 13.8 Å². The lowest BCUT2D eigenvalue weighted by atomic mass is 10.2. The average Bonchev–Trinajstić information content (AvgIpc) is 2.28. The average molecular weight is 231 g/mol. The monoisotopic (exact) mass is 231 g/mol. The number of pyridine rings is 1. The summed E-state index contributed by atoms with van der Waals surface area (Å²) in [5.74, 6) is 1.02. The van der Waals surface area contributed by atoms with Crippen LogP contribution < -0.4 is 11.1 Å². The van der Waals surface area contributed by atoms with Crippen LogP contribution in [0.25, 0.3) is 5.82 Å². The lowest BCUT2D eigenvalue weighted by Crippen LogP contribution is -2.21. The topological polar surface area (TPSA) is 67.8 Å². The van der Waals surface area contributed by atoms with Crippen LogP contribution in [0.4, 0.5) is 0 Å². The summed E-state index contributed by atoms with van der Waals surface area (Å²) >= 11 is 0. The van der Waals surface area contributed by atoms with Gasteiger partial charge in [-0.3, -0.25) is 14.2 Å². The Hall–Kier alpha value is -2.17. The van der Waals surface area contributed by atoms with Crippen molar-refractivity contribution in [1.82, 2.24) is 14.5 Å². The Morgan fingerprint density at radius 2 is 2.06 bits per heavy atom. The van der Waals surface area contributed by atoms with E-state index >= 15 is 0 Å². The Bertz CT molecular complexity index is 640. The van der Waals surface area contributed by atoms with Crippen molar-refractivity contribution in [3.05, 3.63) is 57.0 Å². The van der Waals surface area contributed by atoms with E-state index in [2.05, 4.69) is 9.97 Å². The van der Waals surface area contributed by atoms with E-state index in [1.165, 1.54) is 16.7 Å². The van der Waals surface area contributed by atoms with E-state index in [4.69, 9.17) is 0 Å². The summed E-state index contributed by atoms with van der Waals surface area (Å²) in [6.45, 7) is 3.85. The number of H-pyrrole nitrogens is 1. The molecule has 2 aromatic heterocycles. The Morgan fingerprint density at radius 3 is 2.71 bits per heavy atom. The molecule has 0 spiro atoms. The molecule has 0 aliphatic rings. The maximum atomic E-state index is 11.6. The standard InChI is InChI=1S/C12H13N3O2/c1-8(2)12-13-9(7-10(16)14-12)15-6-4-3-5-11(15)17/h3-8H,1-2H3,(H,13,14,16). The molecule has 0 bridgehead atoms. The highest BCUT2D eigenvalue weighted by molar-refractivity contribution is 5.22. The molecular weight excluding hydrogens is 218 g/mol. The molecule has 0 atom stereocenters. The van der Waals surface area contributed by atoms with Crippen molar-refractivity contribution in [3.63, 3.8) is 0 Å². The predicted octanol–water partition coefficient (Wildman–Crippen LogP) is 1.04. The minimum Gasteiger partial charge on any atom is -0.310 e. The lowest BCUT2D eigenvalue weighted by molar-refractivity contribution is 0.750. The molecule has 88 valence electrons. The molecule has 0 amide bonds.